The lowest BCUT2D eigenvalue weighted by molar-refractivity contribution is -0.119. The molecule has 1 rings (SSSR count). The molecule has 0 saturated heterocycles. The van der Waals surface area contributed by atoms with Crippen LogP contribution < -0.4 is 10.6 Å². The second-order valence-electron chi connectivity index (χ2n) is 2.56. The number of carbonyl (C=O) groups excluding carboxylic acids is 1. The molecule has 0 radical (unpaired) electrons. The molecule has 1 amide bonds. The second kappa shape index (κ2) is 5.83. The Morgan fingerprint density at radius 2 is 2.40 bits per heavy atom. The van der Waals surface area contributed by atoms with Gasteiger partial charge in [-0.15, -0.1) is 6.42 Å². The summed E-state index contributed by atoms with van der Waals surface area (Å²) in [6.45, 7) is 0.290. The van der Waals surface area contributed by atoms with Crippen LogP contribution in [0.4, 0.5) is 5.82 Å². The van der Waals surface area contributed by atoms with E-state index in [9.17, 15) is 4.79 Å². The number of hydrogen-bond donors (Lipinski definition) is 2. The number of anilines is 1. The van der Waals surface area contributed by atoms with Gasteiger partial charge in [-0.2, -0.15) is 0 Å². The topological polar surface area (TPSA) is 66.9 Å². The van der Waals surface area contributed by atoms with Crippen molar-refractivity contribution in [2.24, 2.45) is 0 Å². The first-order chi connectivity index (χ1) is 7.22. The van der Waals surface area contributed by atoms with Crippen LogP contribution in [0.1, 0.15) is 0 Å². The molecule has 0 aliphatic heterocycles. The molecular weight excluding hydrogens is 216 g/mol. The number of rotatable bonds is 4. The highest BCUT2D eigenvalue weighted by atomic mass is 35.5. The van der Waals surface area contributed by atoms with Crippen LogP contribution in [0, 0.1) is 12.3 Å². The third kappa shape index (κ3) is 4.29. The number of terminal acetylenes is 1. The van der Waals surface area contributed by atoms with Crippen molar-refractivity contribution in [1.82, 2.24) is 15.3 Å². The highest BCUT2D eigenvalue weighted by Crippen LogP contribution is 2.05. The fourth-order valence-corrected chi connectivity index (χ4v) is 0.958. The van der Waals surface area contributed by atoms with Gasteiger partial charge >= 0.3 is 0 Å². The summed E-state index contributed by atoms with van der Waals surface area (Å²) in [5, 5.41) is 5.52. The van der Waals surface area contributed by atoms with E-state index in [1.807, 2.05) is 0 Å². The molecule has 0 saturated carbocycles. The Labute approximate surface area is 92.3 Å². The normalized spacial score (nSPS) is 9.07. The fraction of sp³-hybridized carbons (Fsp3) is 0.222. The van der Waals surface area contributed by atoms with Crippen LogP contribution in [0.3, 0.4) is 0 Å². The van der Waals surface area contributed by atoms with Crippen LogP contribution >= 0.6 is 11.6 Å². The molecule has 0 aliphatic carbocycles. The standard InChI is InChI=1S/C9H9ClN4O/c1-2-3-12-9(15)6-13-8-5-11-4-7(10)14-8/h1,4-5H,3,6H2,(H,12,15)(H,13,14). The van der Waals surface area contributed by atoms with Crippen molar-refractivity contribution in [1.29, 1.82) is 0 Å². The third-order valence-corrected chi connectivity index (χ3v) is 1.60. The van der Waals surface area contributed by atoms with Gasteiger partial charge in [-0.05, 0) is 0 Å². The minimum absolute atomic E-state index is 0.0801. The number of amides is 1. The highest BCUT2D eigenvalue weighted by Gasteiger charge is 2.00. The van der Waals surface area contributed by atoms with Gasteiger partial charge in [0, 0.05) is 0 Å². The molecule has 1 aromatic rings. The zero-order valence-electron chi connectivity index (χ0n) is 7.83. The van der Waals surface area contributed by atoms with E-state index in [4.69, 9.17) is 18.0 Å². The molecular formula is C9H9ClN4O. The molecule has 0 aliphatic rings. The number of nitrogens with one attached hydrogen (secondary N) is 2. The van der Waals surface area contributed by atoms with E-state index in [1.165, 1.54) is 12.4 Å². The first-order valence-corrected chi connectivity index (χ1v) is 4.51. The monoisotopic (exact) mass is 224 g/mol. The quantitative estimate of drug-likeness (QED) is 0.722. The van der Waals surface area contributed by atoms with Crippen LogP contribution in [-0.4, -0.2) is 29.0 Å². The molecule has 1 heterocycles. The minimum Gasteiger partial charge on any atom is -0.360 e. The molecule has 0 aromatic carbocycles. The van der Waals surface area contributed by atoms with E-state index in [0.29, 0.717) is 5.82 Å². The zero-order valence-corrected chi connectivity index (χ0v) is 8.58. The Kier molecular flexibility index (Phi) is 4.38. The van der Waals surface area contributed by atoms with Crippen molar-refractivity contribution < 1.29 is 4.79 Å². The number of halogens is 1. The average molecular weight is 225 g/mol. The first kappa shape index (κ1) is 11.3. The van der Waals surface area contributed by atoms with Gasteiger partial charge in [-0.3, -0.25) is 9.78 Å². The van der Waals surface area contributed by atoms with Gasteiger partial charge in [-0.1, -0.05) is 17.5 Å². The van der Waals surface area contributed by atoms with Crippen LogP contribution in [0.15, 0.2) is 12.4 Å². The zero-order chi connectivity index (χ0) is 11.1. The van der Waals surface area contributed by atoms with Gasteiger partial charge in [0.1, 0.15) is 11.0 Å². The highest BCUT2D eigenvalue weighted by molar-refractivity contribution is 6.29. The molecule has 0 fully saturated rings. The van der Waals surface area contributed by atoms with Gasteiger partial charge in [0.2, 0.25) is 5.91 Å². The van der Waals surface area contributed by atoms with E-state index in [0.717, 1.165) is 0 Å². The summed E-state index contributed by atoms with van der Waals surface area (Å²) in [5.74, 6) is 2.53. The Balaban J connectivity index is 2.37. The number of carbonyl (C=O) groups is 1. The number of aromatic nitrogens is 2. The van der Waals surface area contributed by atoms with Gasteiger partial charge in [0.25, 0.3) is 0 Å². The number of hydrogen-bond acceptors (Lipinski definition) is 4. The average Bonchev–Trinajstić information content (AvgIpc) is 2.23. The van der Waals surface area contributed by atoms with E-state index in [2.05, 4.69) is 26.5 Å². The maximum Gasteiger partial charge on any atom is 0.240 e. The van der Waals surface area contributed by atoms with Crippen molar-refractivity contribution in [3.05, 3.63) is 17.5 Å². The lowest BCUT2D eigenvalue weighted by Crippen LogP contribution is -2.30. The Morgan fingerprint density at radius 3 is 3.07 bits per heavy atom. The van der Waals surface area contributed by atoms with E-state index in [1.54, 1.807) is 0 Å². The van der Waals surface area contributed by atoms with Crippen molar-refractivity contribution in [2.45, 2.75) is 0 Å². The summed E-state index contributed by atoms with van der Waals surface area (Å²) in [5.41, 5.74) is 0. The molecule has 1 aromatic heterocycles. The minimum atomic E-state index is -0.213. The van der Waals surface area contributed by atoms with E-state index < -0.39 is 0 Å². The summed E-state index contributed by atoms with van der Waals surface area (Å²) in [6.07, 6.45) is 7.86. The maximum atomic E-state index is 11.1. The fourth-order valence-electron chi connectivity index (χ4n) is 0.810. The van der Waals surface area contributed by atoms with Gasteiger partial charge < -0.3 is 10.6 Å². The summed E-state index contributed by atoms with van der Waals surface area (Å²) < 4.78 is 0. The largest absolute Gasteiger partial charge is 0.360 e. The predicted molar refractivity (Wildman–Crippen MR) is 57.4 cm³/mol. The summed E-state index contributed by atoms with van der Waals surface area (Å²) in [6, 6.07) is 0. The molecule has 0 atom stereocenters. The van der Waals surface area contributed by atoms with Gasteiger partial charge in [-0.25, -0.2) is 4.98 Å². The molecule has 15 heavy (non-hydrogen) atoms. The van der Waals surface area contributed by atoms with Crippen molar-refractivity contribution in [3.8, 4) is 12.3 Å². The molecule has 0 spiro atoms. The lowest BCUT2D eigenvalue weighted by Gasteiger charge is -2.04. The molecule has 6 heteroatoms. The predicted octanol–water partition coefficient (Wildman–Crippen LogP) is 0.291. The first-order valence-electron chi connectivity index (χ1n) is 4.14. The molecule has 2 N–H and O–H groups in total. The Hall–Kier alpha value is -1.80. The second-order valence-corrected chi connectivity index (χ2v) is 2.95. The SMILES string of the molecule is C#CCNC(=O)CNc1cncc(Cl)n1. The maximum absolute atomic E-state index is 11.1. The van der Waals surface area contributed by atoms with Crippen LogP contribution in [0.5, 0.6) is 0 Å². The van der Waals surface area contributed by atoms with Crippen LogP contribution in [0.2, 0.25) is 5.15 Å². The molecule has 0 bridgehead atoms. The Bertz CT molecular complexity index is 388. The van der Waals surface area contributed by atoms with Gasteiger partial charge in [0.15, 0.2) is 0 Å². The van der Waals surface area contributed by atoms with E-state index >= 15 is 0 Å². The van der Waals surface area contributed by atoms with E-state index in [-0.39, 0.29) is 24.1 Å². The van der Waals surface area contributed by atoms with Crippen LogP contribution in [-0.2, 0) is 4.79 Å². The van der Waals surface area contributed by atoms with Crippen molar-refractivity contribution >= 4 is 23.3 Å². The van der Waals surface area contributed by atoms with Crippen molar-refractivity contribution in [2.75, 3.05) is 18.4 Å². The third-order valence-electron chi connectivity index (χ3n) is 1.42. The van der Waals surface area contributed by atoms with Gasteiger partial charge in [0.05, 0.1) is 25.5 Å². The molecule has 0 unspecified atom stereocenters. The summed E-state index contributed by atoms with van der Waals surface area (Å²) >= 11 is 5.60. The lowest BCUT2D eigenvalue weighted by atomic mass is 10.5. The molecule has 5 nitrogen and oxygen atoms in total. The number of nitrogens with zero attached hydrogens (tertiary/aromatic N) is 2. The molecule has 78 valence electrons. The van der Waals surface area contributed by atoms with Crippen molar-refractivity contribution in [3.63, 3.8) is 0 Å². The summed E-state index contributed by atoms with van der Waals surface area (Å²) in [7, 11) is 0. The van der Waals surface area contributed by atoms with Crippen LogP contribution in [0.25, 0.3) is 0 Å². The summed E-state index contributed by atoms with van der Waals surface area (Å²) in [4.78, 5) is 18.8. The Morgan fingerprint density at radius 1 is 1.60 bits per heavy atom. The smallest absolute Gasteiger partial charge is 0.240 e.